The average Bonchev–Trinajstić information content (AvgIpc) is 2.91. The SMILES string of the molecule is CC1CCCN1CCCOc1ccc(N2CCCCCC2C=O)cc1. The Morgan fingerprint density at radius 3 is 2.64 bits per heavy atom. The number of hydrogen-bond donors (Lipinski definition) is 0. The molecule has 1 aromatic rings. The van der Waals surface area contributed by atoms with E-state index >= 15 is 0 Å². The number of anilines is 1. The van der Waals surface area contributed by atoms with Crippen LogP contribution in [-0.2, 0) is 4.79 Å². The van der Waals surface area contributed by atoms with Gasteiger partial charge in [0.25, 0.3) is 0 Å². The number of ether oxygens (including phenoxy) is 1. The van der Waals surface area contributed by atoms with Gasteiger partial charge in [0.15, 0.2) is 0 Å². The Morgan fingerprint density at radius 1 is 1.08 bits per heavy atom. The van der Waals surface area contributed by atoms with Gasteiger partial charge < -0.3 is 19.3 Å². The van der Waals surface area contributed by atoms with Gasteiger partial charge in [-0.3, -0.25) is 0 Å². The fourth-order valence-corrected chi connectivity index (χ4v) is 4.11. The van der Waals surface area contributed by atoms with Gasteiger partial charge in [-0.1, -0.05) is 12.8 Å². The molecule has 25 heavy (non-hydrogen) atoms. The van der Waals surface area contributed by atoms with Crippen molar-refractivity contribution in [1.82, 2.24) is 4.90 Å². The van der Waals surface area contributed by atoms with Crippen LogP contribution in [0, 0.1) is 0 Å². The molecule has 4 nitrogen and oxygen atoms in total. The summed E-state index contributed by atoms with van der Waals surface area (Å²) < 4.78 is 5.91. The van der Waals surface area contributed by atoms with Crippen molar-refractivity contribution in [3.8, 4) is 5.75 Å². The predicted molar refractivity (Wildman–Crippen MR) is 102 cm³/mol. The number of carbonyl (C=O) groups excluding carboxylic acids is 1. The van der Waals surface area contributed by atoms with E-state index in [-0.39, 0.29) is 6.04 Å². The van der Waals surface area contributed by atoms with E-state index in [1.165, 1.54) is 25.8 Å². The first-order valence-corrected chi connectivity index (χ1v) is 9.97. The molecule has 0 spiro atoms. The van der Waals surface area contributed by atoms with Gasteiger partial charge in [0.1, 0.15) is 12.0 Å². The van der Waals surface area contributed by atoms with Crippen molar-refractivity contribution in [1.29, 1.82) is 0 Å². The monoisotopic (exact) mass is 344 g/mol. The summed E-state index contributed by atoms with van der Waals surface area (Å²) in [6, 6.07) is 9.04. The summed E-state index contributed by atoms with van der Waals surface area (Å²) in [6.07, 6.45) is 9.35. The zero-order chi connectivity index (χ0) is 17.5. The third-order valence-electron chi connectivity index (χ3n) is 5.67. The first kappa shape index (κ1) is 18.2. The van der Waals surface area contributed by atoms with Gasteiger partial charge >= 0.3 is 0 Å². The molecule has 2 saturated heterocycles. The summed E-state index contributed by atoms with van der Waals surface area (Å²) in [5, 5.41) is 0. The molecule has 0 amide bonds. The topological polar surface area (TPSA) is 32.8 Å². The van der Waals surface area contributed by atoms with E-state index in [4.69, 9.17) is 4.74 Å². The molecule has 2 atom stereocenters. The van der Waals surface area contributed by atoms with Gasteiger partial charge in [0.05, 0.1) is 12.6 Å². The molecule has 2 aliphatic heterocycles. The van der Waals surface area contributed by atoms with Crippen LogP contribution >= 0.6 is 0 Å². The van der Waals surface area contributed by atoms with E-state index in [2.05, 4.69) is 28.9 Å². The second-order valence-electron chi connectivity index (χ2n) is 7.47. The Balaban J connectivity index is 1.47. The minimum Gasteiger partial charge on any atom is -0.494 e. The molecule has 1 aromatic carbocycles. The third-order valence-corrected chi connectivity index (χ3v) is 5.67. The first-order chi connectivity index (χ1) is 12.3. The summed E-state index contributed by atoms with van der Waals surface area (Å²) in [7, 11) is 0. The van der Waals surface area contributed by atoms with Crippen molar-refractivity contribution in [2.24, 2.45) is 0 Å². The highest BCUT2D eigenvalue weighted by atomic mass is 16.5. The van der Waals surface area contributed by atoms with E-state index in [9.17, 15) is 4.79 Å². The molecule has 4 heteroatoms. The van der Waals surface area contributed by atoms with Crippen molar-refractivity contribution < 1.29 is 9.53 Å². The lowest BCUT2D eigenvalue weighted by Crippen LogP contribution is -2.35. The van der Waals surface area contributed by atoms with Crippen molar-refractivity contribution >= 4 is 12.0 Å². The van der Waals surface area contributed by atoms with Gasteiger partial charge in [0.2, 0.25) is 0 Å². The number of aldehydes is 1. The quantitative estimate of drug-likeness (QED) is 0.555. The molecule has 2 aliphatic rings. The second-order valence-corrected chi connectivity index (χ2v) is 7.47. The molecule has 2 fully saturated rings. The van der Waals surface area contributed by atoms with Crippen molar-refractivity contribution in [2.75, 3.05) is 31.1 Å². The van der Waals surface area contributed by atoms with Crippen LogP contribution in [-0.4, -0.2) is 49.5 Å². The molecule has 0 aromatic heterocycles. The van der Waals surface area contributed by atoms with Crippen LogP contribution < -0.4 is 9.64 Å². The fraction of sp³-hybridized carbons (Fsp3) is 0.667. The highest BCUT2D eigenvalue weighted by Crippen LogP contribution is 2.25. The molecule has 0 bridgehead atoms. The number of rotatable bonds is 7. The zero-order valence-corrected chi connectivity index (χ0v) is 15.5. The van der Waals surface area contributed by atoms with E-state index in [0.29, 0.717) is 0 Å². The van der Waals surface area contributed by atoms with Gasteiger partial charge in [-0.2, -0.15) is 0 Å². The Labute approximate surface area is 152 Å². The molecule has 0 radical (unpaired) electrons. The normalized spacial score (nSPS) is 24.9. The van der Waals surface area contributed by atoms with E-state index in [0.717, 1.165) is 69.1 Å². The number of likely N-dealkylation sites (tertiary alicyclic amines) is 1. The van der Waals surface area contributed by atoms with Crippen LogP contribution in [0.4, 0.5) is 5.69 Å². The summed E-state index contributed by atoms with van der Waals surface area (Å²) in [6.45, 7) is 6.43. The molecule has 0 saturated carbocycles. The van der Waals surface area contributed by atoms with Crippen LogP contribution in [0.25, 0.3) is 0 Å². The maximum absolute atomic E-state index is 11.4. The van der Waals surface area contributed by atoms with Crippen molar-refractivity contribution in [3.63, 3.8) is 0 Å². The maximum atomic E-state index is 11.4. The second kappa shape index (κ2) is 9.23. The van der Waals surface area contributed by atoms with Crippen molar-refractivity contribution in [2.45, 2.75) is 64.0 Å². The van der Waals surface area contributed by atoms with Crippen LogP contribution in [0.3, 0.4) is 0 Å². The lowest BCUT2D eigenvalue weighted by atomic mass is 10.1. The molecular formula is C21H32N2O2. The smallest absolute Gasteiger partial charge is 0.142 e. The predicted octanol–water partition coefficient (Wildman–Crippen LogP) is 3.89. The summed E-state index contributed by atoms with van der Waals surface area (Å²) in [5.41, 5.74) is 1.14. The largest absolute Gasteiger partial charge is 0.494 e. The molecule has 2 heterocycles. The van der Waals surface area contributed by atoms with Gasteiger partial charge in [-0.25, -0.2) is 0 Å². The number of nitrogens with zero attached hydrogens (tertiary/aromatic N) is 2. The van der Waals surface area contributed by atoms with E-state index in [1.807, 2.05) is 12.1 Å². The third kappa shape index (κ3) is 4.97. The van der Waals surface area contributed by atoms with Crippen LogP contribution in [0.15, 0.2) is 24.3 Å². The first-order valence-electron chi connectivity index (χ1n) is 9.97. The standard InChI is InChI=1S/C21H32N2O2/c1-18-7-5-13-22(18)14-6-16-25-21-11-9-19(10-12-21)23-15-4-2-3-8-20(23)17-24/h9-12,17-18,20H,2-8,13-16H2,1H3. The Bertz CT molecular complexity index is 531. The molecule has 2 unspecified atom stereocenters. The van der Waals surface area contributed by atoms with Gasteiger partial charge in [-0.15, -0.1) is 0 Å². The van der Waals surface area contributed by atoms with Crippen LogP contribution in [0.1, 0.15) is 51.9 Å². The minimum atomic E-state index is 0.0247. The lowest BCUT2D eigenvalue weighted by Gasteiger charge is -2.28. The lowest BCUT2D eigenvalue weighted by molar-refractivity contribution is -0.109. The maximum Gasteiger partial charge on any atom is 0.142 e. The molecule has 0 aliphatic carbocycles. The van der Waals surface area contributed by atoms with Crippen molar-refractivity contribution in [3.05, 3.63) is 24.3 Å². The minimum absolute atomic E-state index is 0.0247. The fourth-order valence-electron chi connectivity index (χ4n) is 4.11. The molecule has 3 rings (SSSR count). The molecule has 0 N–H and O–H groups in total. The summed E-state index contributed by atoms with van der Waals surface area (Å²) in [5.74, 6) is 0.927. The van der Waals surface area contributed by atoms with Crippen LogP contribution in [0.2, 0.25) is 0 Å². The van der Waals surface area contributed by atoms with Gasteiger partial charge in [-0.05, 0) is 69.8 Å². The van der Waals surface area contributed by atoms with Gasteiger partial charge in [0, 0.05) is 24.8 Å². The number of carbonyl (C=O) groups is 1. The summed E-state index contributed by atoms with van der Waals surface area (Å²) in [4.78, 5) is 16.2. The average molecular weight is 344 g/mol. The number of benzene rings is 1. The molecule has 138 valence electrons. The Hall–Kier alpha value is -1.55. The molecular weight excluding hydrogens is 312 g/mol. The Morgan fingerprint density at radius 2 is 1.92 bits per heavy atom. The summed E-state index contributed by atoms with van der Waals surface area (Å²) >= 11 is 0. The van der Waals surface area contributed by atoms with E-state index in [1.54, 1.807) is 0 Å². The van der Waals surface area contributed by atoms with E-state index < -0.39 is 0 Å². The Kier molecular flexibility index (Phi) is 6.74. The zero-order valence-electron chi connectivity index (χ0n) is 15.5. The highest BCUT2D eigenvalue weighted by Gasteiger charge is 2.21. The van der Waals surface area contributed by atoms with Crippen LogP contribution in [0.5, 0.6) is 5.75 Å². The highest BCUT2D eigenvalue weighted by molar-refractivity contribution is 5.66. The number of hydrogen-bond acceptors (Lipinski definition) is 4.